The second kappa shape index (κ2) is 6.74. The lowest BCUT2D eigenvalue weighted by Crippen LogP contribution is -2.36. The van der Waals surface area contributed by atoms with Gasteiger partial charge in [0.05, 0.1) is 19.3 Å². The Kier molecular flexibility index (Phi) is 5.62. The number of benzene rings is 1. The first-order chi connectivity index (χ1) is 8.14. The second-order valence-electron chi connectivity index (χ2n) is 4.63. The van der Waals surface area contributed by atoms with Crippen LogP contribution in [0.2, 0.25) is 0 Å². The molecule has 2 N–H and O–H groups in total. The molecular formula is C14H22O3. The molecule has 1 aromatic rings. The molecule has 0 amide bonds. The van der Waals surface area contributed by atoms with E-state index >= 15 is 0 Å². The minimum absolute atomic E-state index is 0.0744. The first-order valence-electron chi connectivity index (χ1n) is 6.03. The number of aliphatic hydroxyl groups excluding tert-OH is 2. The van der Waals surface area contributed by atoms with Crippen molar-refractivity contribution in [2.75, 3.05) is 19.8 Å². The van der Waals surface area contributed by atoms with Crippen molar-refractivity contribution in [3.8, 4) is 0 Å². The highest BCUT2D eigenvalue weighted by molar-refractivity contribution is 5.25. The van der Waals surface area contributed by atoms with E-state index < -0.39 is 5.41 Å². The fourth-order valence-electron chi connectivity index (χ4n) is 1.82. The SMILES string of the molecule is CC(C)OCCC(CO)(CO)c1ccccc1. The maximum atomic E-state index is 9.58. The van der Waals surface area contributed by atoms with Crippen LogP contribution in [0.25, 0.3) is 0 Å². The van der Waals surface area contributed by atoms with E-state index in [1.54, 1.807) is 0 Å². The molecule has 0 atom stereocenters. The Labute approximate surface area is 103 Å². The number of rotatable bonds is 7. The highest BCUT2D eigenvalue weighted by Crippen LogP contribution is 2.27. The molecule has 1 rings (SSSR count). The van der Waals surface area contributed by atoms with Crippen LogP contribution in [-0.4, -0.2) is 36.1 Å². The molecular weight excluding hydrogens is 216 g/mol. The van der Waals surface area contributed by atoms with Crippen LogP contribution in [0.1, 0.15) is 25.8 Å². The summed E-state index contributed by atoms with van der Waals surface area (Å²) in [5.74, 6) is 0. The maximum Gasteiger partial charge on any atom is 0.0550 e. The lowest BCUT2D eigenvalue weighted by atomic mass is 9.79. The average Bonchev–Trinajstić information content (AvgIpc) is 2.36. The van der Waals surface area contributed by atoms with Crippen molar-refractivity contribution in [3.05, 3.63) is 35.9 Å². The van der Waals surface area contributed by atoms with Crippen molar-refractivity contribution in [2.45, 2.75) is 31.8 Å². The van der Waals surface area contributed by atoms with Crippen molar-refractivity contribution in [1.29, 1.82) is 0 Å². The predicted octanol–water partition coefficient (Wildman–Crippen LogP) is 1.72. The lowest BCUT2D eigenvalue weighted by molar-refractivity contribution is 0.0363. The summed E-state index contributed by atoms with van der Waals surface area (Å²) in [6.45, 7) is 4.34. The Bertz CT molecular complexity index is 305. The largest absolute Gasteiger partial charge is 0.395 e. The van der Waals surface area contributed by atoms with Crippen LogP contribution in [-0.2, 0) is 10.2 Å². The highest BCUT2D eigenvalue weighted by atomic mass is 16.5. The second-order valence-corrected chi connectivity index (χ2v) is 4.63. The van der Waals surface area contributed by atoms with Gasteiger partial charge in [-0.25, -0.2) is 0 Å². The highest BCUT2D eigenvalue weighted by Gasteiger charge is 2.30. The molecule has 96 valence electrons. The molecule has 0 saturated heterocycles. The average molecular weight is 238 g/mol. The Hall–Kier alpha value is -0.900. The summed E-state index contributed by atoms with van der Waals surface area (Å²) in [6.07, 6.45) is 0.781. The van der Waals surface area contributed by atoms with Gasteiger partial charge in [0.25, 0.3) is 0 Å². The van der Waals surface area contributed by atoms with E-state index in [9.17, 15) is 10.2 Å². The van der Waals surface area contributed by atoms with E-state index in [1.165, 1.54) is 0 Å². The Balaban J connectivity index is 2.75. The Morgan fingerprint density at radius 1 is 1.12 bits per heavy atom. The predicted molar refractivity (Wildman–Crippen MR) is 68.0 cm³/mol. The summed E-state index contributed by atoms with van der Waals surface area (Å²) >= 11 is 0. The normalized spacial score (nSPS) is 12.1. The molecule has 0 fully saturated rings. The molecule has 3 heteroatoms. The molecule has 0 saturated carbocycles. The molecule has 0 unspecified atom stereocenters. The number of aliphatic hydroxyl groups is 2. The number of hydrogen-bond acceptors (Lipinski definition) is 3. The smallest absolute Gasteiger partial charge is 0.0550 e. The third kappa shape index (κ3) is 3.80. The van der Waals surface area contributed by atoms with Crippen LogP contribution in [0.15, 0.2) is 30.3 Å². The fourth-order valence-corrected chi connectivity index (χ4v) is 1.82. The van der Waals surface area contributed by atoms with Gasteiger partial charge >= 0.3 is 0 Å². The topological polar surface area (TPSA) is 49.7 Å². The number of ether oxygens (including phenoxy) is 1. The van der Waals surface area contributed by atoms with Gasteiger partial charge in [0.1, 0.15) is 0 Å². The molecule has 0 aliphatic carbocycles. The van der Waals surface area contributed by atoms with Gasteiger partial charge in [-0.15, -0.1) is 0 Å². The Morgan fingerprint density at radius 3 is 2.18 bits per heavy atom. The van der Waals surface area contributed by atoms with Crippen LogP contribution >= 0.6 is 0 Å². The van der Waals surface area contributed by atoms with Gasteiger partial charge in [-0.05, 0) is 25.8 Å². The minimum atomic E-state index is -0.601. The maximum absolute atomic E-state index is 9.58. The van der Waals surface area contributed by atoms with Gasteiger partial charge in [0, 0.05) is 12.0 Å². The summed E-state index contributed by atoms with van der Waals surface area (Å²) in [6, 6.07) is 9.62. The molecule has 0 bridgehead atoms. The number of hydrogen-bond donors (Lipinski definition) is 2. The van der Waals surface area contributed by atoms with Gasteiger partial charge in [0.2, 0.25) is 0 Å². The standard InChI is InChI=1S/C14H22O3/c1-12(2)17-9-8-14(10-15,11-16)13-6-4-3-5-7-13/h3-7,12,15-16H,8-11H2,1-2H3. The van der Waals surface area contributed by atoms with Gasteiger partial charge in [-0.3, -0.25) is 0 Å². The van der Waals surface area contributed by atoms with E-state index in [1.807, 2.05) is 44.2 Å². The van der Waals surface area contributed by atoms with Crippen LogP contribution in [0.4, 0.5) is 0 Å². The van der Waals surface area contributed by atoms with E-state index in [0.717, 1.165) is 5.56 Å². The fraction of sp³-hybridized carbons (Fsp3) is 0.571. The molecule has 1 aromatic carbocycles. The lowest BCUT2D eigenvalue weighted by Gasteiger charge is -2.30. The zero-order chi connectivity index (χ0) is 12.7. The Morgan fingerprint density at radius 2 is 1.71 bits per heavy atom. The van der Waals surface area contributed by atoms with Crippen LogP contribution in [0.5, 0.6) is 0 Å². The van der Waals surface area contributed by atoms with Crippen molar-refractivity contribution in [1.82, 2.24) is 0 Å². The van der Waals surface area contributed by atoms with Gasteiger partial charge < -0.3 is 14.9 Å². The monoisotopic (exact) mass is 238 g/mol. The van der Waals surface area contributed by atoms with Gasteiger partial charge in [-0.1, -0.05) is 30.3 Å². The molecule has 17 heavy (non-hydrogen) atoms. The third-order valence-electron chi connectivity index (χ3n) is 3.02. The summed E-state index contributed by atoms with van der Waals surface area (Å²) in [5.41, 5.74) is 0.355. The molecule has 0 aliphatic rings. The van der Waals surface area contributed by atoms with Crippen LogP contribution < -0.4 is 0 Å². The quantitative estimate of drug-likeness (QED) is 0.760. The van der Waals surface area contributed by atoms with Crippen molar-refractivity contribution in [2.24, 2.45) is 0 Å². The summed E-state index contributed by atoms with van der Waals surface area (Å²) in [5, 5.41) is 19.2. The van der Waals surface area contributed by atoms with Gasteiger partial charge in [-0.2, -0.15) is 0 Å². The van der Waals surface area contributed by atoms with E-state index in [-0.39, 0.29) is 19.3 Å². The molecule has 3 nitrogen and oxygen atoms in total. The van der Waals surface area contributed by atoms with Crippen molar-refractivity contribution in [3.63, 3.8) is 0 Å². The molecule has 0 heterocycles. The zero-order valence-electron chi connectivity index (χ0n) is 10.6. The molecule has 0 aliphatic heterocycles. The summed E-state index contributed by atoms with van der Waals surface area (Å²) in [7, 11) is 0. The van der Waals surface area contributed by atoms with Crippen LogP contribution in [0, 0.1) is 0 Å². The molecule has 0 spiro atoms. The van der Waals surface area contributed by atoms with Gasteiger partial charge in [0.15, 0.2) is 0 Å². The van der Waals surface area contributed by atoms with E-state index in [2.05, 4.69) is 0 Å². The van der Waals surface area contributed by atoms with E-state index in [0.29, 0.717) is 13.0 Å². The summed E-state index contributed by atoms with van der Waals surface area (Å²) < 4.78 is 5.50. The first kappa shape index (κ1) is 14.2. The molecule has 0 aromatic heterocycles. The van der Waals surface area contributed by atoms with Crippen LogP contribution in [0.3, 0.4) is 0 Å². The third-order valence-corrected chi connectivity index (χ3v) is 3.02. The minimum Gasteiger partial charge on any atom is -0.395 e. The summed E-state index contributed by atoms with van der Waals surface area (Å²) in [4.78, 5) is 0. The van der Waals surface area contributed by atoms with E-state index in [4.69, 9.17) is 4.74 Å². The molecule has 0 radical (unpaired) electrons. The van der Waals surface area contributed by atoms with Crippen molar-refractivity contribution >= 4 is 0 Å². The van der Waals surface area contributed by atoms with Crippen molar-refractivity contribution < 1.29 is 14.9 Å². The first-order valence-corrected chi connectivity index (χ1v) is 6.03. The zero-order valence-corrected chi connectivity index (χ0v) is 10.6.